The average Bonchev–Trinajstić information content (AvgIpc) is 3.01. The van der Waals surface area contributed by atoms with Gasteiger partial charge in [0.15, 0.2) is 0 Å². The van der Waals surface area contributed by atoms with Crippen LogP contribution in [0.1, 0.15) is 32.6 Å². The molecule has 3 rings (SSSR count). The molecule has 1 fully saturated rings. The fourth-order valence-corrected chi connectivity index (χ4v) is 5.10. The first-order valence-electron chi connectivity index (χ1n) is 9.33. The van der Waals surface area contributed by atoms with E-state index in [2.05, 4.69) is 34.9 Å². The maximum absolute atomic E-state index is 14.6. The lowest BCUT2D eigenvalue weighted by atomic mass is 9.63. The number of nitrogens with zero attached hydrogens (tertiary/aromatic N) is 1. The highest BCUT2D eigenvalue weighted by molar-refractivity contribution is 7.23. The third kappa shape index (κ3) is 3.71. The fourth-order valence-electron chi connectivity index (χ4n) is 4.43. The molecule has 5 unspecified atom stereocenters. The Balaban J connectivity index is 1.99. The molecule has 135 valence electrons. The normalized spacial score (nSPS) is 34.4. The standard InChI is InChI=1S/C20H28BF2NP/c1-4-14-18(24-8-7-12(2)11-24)10-16(21-3)19(20(14)25)15-6-5-13(22)9-17(15)23/h4,6,12-13,17-18H,1,5,7-11,25H2,2-3H3. The molecule has 0 N–H and O–H groups in total. The predicted octanol–water partition coefficient (Wildman–Crippen LogP) is 4.82. The van der Waals surface area contributed by atoms with Crippen molar-refractivity contribution < 1.29 is 8.78 Å². The molecule has 0 saturated carbocycles. The van der Waals surface area contributed by atoms with Crippen molar-refractivity contribution in [3.05, 3.63) is 46.2 Å². The lowest BCUT2D eigenvalue weighted by molar-refractivity contribution is 0.230. The van der Waals surface area contributed by atoms with E-state index in [1.54, 1.807) is 6.08 Å². The van der Waals surface area contributed by atoms with E-state index in [1.165, 1.54) is 17.5 Å². The van der Waals surface area contributed by atoms with Gasteiger partial charge in [-0.1, -0.05) is 38.0 Å². The molecule has 1 radical (unpaired) electrons. The van der Waals surface area contributed by atoms with Gasteiger partial charge in [0.1, 0.15) is 19.6 Å². The van der Waals surface area contributed by atoms with Crippen LogP contribution in [0.4, 0.5) is 8.78 Å². The largest absolute Gasteiger partial charge is 0.296 e. The molecule has 1 aliphatic heterocycles. The Labute approximate surface area is 153 Å². The summed E-state index contributed by atoms with van der Waals surface area (Å²) < 4.78 is 28.2. The zero-order chi connectivity index (χ0) is 18.1. The third-order valence-corrected chi connectivity index (χ3v) is 6.44. The summed E-state index contributed by atoms with van der Waals surface area (Å²) in [6.07, 6.45) is 3.79. The van der Waals surface area contributed by atoms with Gasteiger partial charge in [0, 0.05) is 19.0 Å². The molecule has 1 nitrogen and oxygen atoms in total. The maximum Gasteiger partial charge on any atom is 0.143 e. The first kappa shape index (κ1) is 19.0. The second-order valence-corrected chi connectivity index (χ2v) is 8.14. The van der Waals surface area contributed by atoms with Gasteiger partial charge in [0.05, 0.1) is 0 Å². The van der Waals surface area contributed by atoms with Crippen molar-refractivity contribution in [1.29, 1.82) is 0 Å². The number of allylic oxidation sites excluding steroid dienone is 4. The van der Waals surface area contributed by atoms with Gasteiger partial charge in [-0.25, -0.2) is 8.78 Å². The minimum atomic E-state index is -1.22. The number of rotatable bonds is 4. The van der Waals surface area contributed by atoms with Crippen LogP contribution in [0, 0.1) is 5.92 Å². The molecule has 0 aromatic carbocycles. The monoisotopic (exact) mass is 362 g/mol. The van der Waals surface area contributed by atoms with Gasteiger partial charge in [-0.3, -0.25) is 4.90 Å². The molecular weight excluding hydrogens is 334 g/mol. The molecule has 0 amide bonds. The summed E-state index contributed by atoms with van der Waals surface area (Å²) in [6.45, 7) is 10.6. The fraction of sp³-hybridized carbons (Fsp3) is 0.600. The summed E-state index contributed by atoms with van der Waals surface area (Å²) in [5.41, 5.74) is 3.98. The van der Waals surface area contributed by atoms with E-state index in [-0.39, 0.29) is 6.42 Å². The van der Waals surface area contributed by atoms with Crippen molar-refractivity contribution in [2.45, 2.75) is 57.8 Å². The van der Waals surface area contributed by atoms with Crippen LogP contribution >= 0.6 is 9.24 Å². The van der Waals surface area contributed by atoms with E-state index < -0.39 is 12.3 Å². The van der Waals surface area contributed by atoms with Gasteiger partial charge in [-0.05, 0) is 53.8 Å². The molecule has 5 atom stereocenters. The van der Waals surface area contributed by atoms with Crippen LogP contribution < -0.4 is 0 Å². The van der Waals surface area contributed by atoms with Crippen LogP contribution in [0.15, 0.2) is 46.2 Å². The topological polar surface area (TPSA) is 3.24 Å². The van der Waals surface area contributed by atoms with E-state index in [4.69, 9.17) is 0 Å². The number of halogens is 2. The third-order valence-electron chi connectivity index (χ3n) is 5.82. The van der Waals surface area contributed by atoms with Crippen molar-refractivity contribution in [2.24, 2.45) is 5.92 Å². The van der Waals surface area contributed by atoms with Crippen molar-refractivity contribution in [3.63, 3.8) is 0 Å². The number of hydrogen-bond acceptors (Lipinski definition) is 1. The Morgan fingerprint density at radius 1 is 1.40 bits per heavy atom. The van der Waals surface area contributed by atoms with Gasteiger partial charge >= 0.3 is 0 Å². The molecule has 0 aromatic heterocycles. The van der Waals surface area contributed by atoms with Crippen LogP contribution in [0.25, 0.3) is 0 Å². The van der Waals surface area contributed by atoms with Crippen molar-refractivity contribution in [3.8, 4) is 0 Å². The van der Waals surface area contributed by atoms with Crippen molar-refractivity contribution in [1.82, 2.24) is 4.90 Å². The molecule has 3 aliphatic rings. The molecule has 0 bridgehead atoms. The quantitative estimate of drug-likeness (QED) is 0.512. The van der Waals surface area contributed by atoms with Crippen LogP contribution in [-0.4, -0.2) is 43.7 Å². The second kappa shape index (κ2) is 7.88. The van der Waals surface area contributed by atoms with E-state index >= 15 is 0 Å². The summed E-state index contributed by atoms with van der Waals surface area (Å²) >= 11 is 0. The van der Waals surface area contributed by atoms with Crippen LogP contribution in [-0.2, 0) is 0 Å². The number of hydrogen-bond donors (Lipinski definition) is 0. The van der Waals surface area contributed by atoms with Gasteiger partial charge in [-0.15, -0.1) is 9.24 Å². The van der Waals surface area contributed by atoms with E-state index in [0.717, 1.165) is 36.3 Å². The average molecular weight is 362 g/mol. The Bertz CT molecular complexity index is 640. The summed E-state index contributed by atoms with van der Waals surface area (Å²) in [4.78, 5) is 2.53. The SMILES string of the molecule is C=CC1=C(P)C(C2=CCC(F)CC2F)=C([B]C)CC1N1CCC(C)C1. The highest BCUT2D eigenvalue weighted by atomic mass is 31.0. The molecule has 0 spiro atoms. The Kier molecular flexibility index (Phi) is 6.01. The van der Waals surface area contributed by atoms with Gasteiger partial charge < -0.3 is 0 Å². The first-order valence-corrected chi connectivity index (χ1v) is 9.91. The highest BCUT2D eigenvalue weighted by Gasteiger charge is 2.35. The molecular formula is C20H28BF2NP. The molecule has 25 heavy (non-hydrogen) atoms. The molecule has 1 saturated heterocycles. The molecule has 2 aliphatic carbocycles. The minimum Gasteiger partial charge on any atom is -0.296 e. The van der Waals surface area contributed by atoms with Crippen molar-refractivity contribution in [2.75, 3.05) is 13.1 Å². The van der Waals surface area contributed by atoms with Crippen molar-refractivity contribution >= 4 is 16.5 Å². The Morgan fingerprint density at radius 2 is 2.16 bits per heavy atom. The minimum absolute atomic E-state index is 0.0270. The summed E-state index contributed by atoms with van der Waals surface area (Å²) in [6, 6.07) is 0.307. The molecule has 0 aromatic rings. The van der Waals surface area contributed by atoms with Gasteiger partial charge in [0.25, 0.3) is 0 Å². The Hall–Kier alpha value is -0.725. The summed E-state index contributed by atoms with van der Waals surface area (Å²) in [7, 11) is 4.92. The van der Waals surface area contributed by atoms with E-state index in [1.807, 2.05) is 12.9 Å². The summed E-state index contributed by atoms with van der Waals surface area (Å²) in [5, 5.41) is 1.03. The smallest absolute Gasteiger partial charge is 0.143 e. The maximum atomic E-state index is 14.6. The van der Waals surface area contributed by atoms with E-state index in [0.29, 0.717) is 18.0 Å². The number of alkyl halides is 2. The molecule has 5 heteroatoms. The van der Waals surface area contributed by atoms with Crippen LogP contribution in [0.5, 0.6) is 0 Å². The zero-order valence-electron chi connectivity index (χ0n) is 15.3. The van der Waals surface area contributed by atoms with Gasteiger partial charge in [-0.2, -0.15) is 0 Å². The highest BCUT2D eigenvalue weighted by Crippen LogP contribution is 2.44. The van der Waals surface area contributed by atoms with E-state index in [9.17, 15) is 8.78 Å². The zero-order valence-corrected chi connectivity index (χ0v) is 16.4. The molecule has 1 heterocycles. The lowest BCUT2D eigenvalue weighted by Gasteiger charge is -2.37. The Morgan fingerprint density at radius 3 is 2.72 bits per heavy atom. The van der Waals surface area contributed by atoms with Gasteiger partial charge in [0.2, 0.25) is 0 Å². The predicted molar refractivity (Wildman–Crippen MR) is 106 cm³/mol. The lowest BCUT2D eigenvalue weighted by Crippen LogP contribution is -2.38. The van der Waals surface area contributed by atoms with Crippen LogP contribution in [0.2, 0.25) is 6.82 Å². The number of likely N-dealkylation sites (tertiary alicyclic amines) is 1. The summed E-state index contributed by atoms with van der Waals surface area (Å²) in [5.74, 6) is 0.719. The van der Waals surface area contributed by atoms with Crippen LogP contribution in [0.3, 0.4) is 0 Å². The second-order valence-electron chi connectivity index (χ2n) is 7.57. The first-order chi connectivity index (χ1) is 12.0.